The molecular weight excluding hydrogens is 188 g/mol. The number of benzene rings is 1. The summed E-state index contributed by atoms with van der Waals surface area (Å²) in [5.41, 5.74) is 1.91. The first-order chi connectivity index (χ1) is 5.97. The number of aryl methyl sites for hydroxylation is 2. The fourth-order valence-electron chi connectivity index (χ4n) is 0.925. The van der Waals surface area contributed by atoms with Gasteiger partial charge in [-0.25, -0.2) is 0 Å². The molecule has 70 valence electrons. The zero-order valence-electron chi connectivity index (χ0n) is 7.44. The second-order valence-corrected chi connectivity index (χ2v) is 4.37. The molecule has 0 aliphatic carbocycles. The second kappa shape index (κ2) is 3.47. The Balaban J connectivity index is 3.27. The summed E-state index contributed by atoms with van der Waals surface area (Å²) in [6, 6.07) is 4.70. The lowest BCUT2D eigenvalue weighted by molar-refractivity contribution is 0.438. The second-order valence-electron chi connectivity index (χ2n) is 2.80. The molecule has 0 saturated heterocycles. The van der Waals surface area contributed by atoms with Gasteiger partial charge in [-0.05, 0) is 37.1 Å². The van der Waals surface area contributed by atoms with Crippen molar-refractivity contribution in [2.45, 2.75) is 18.7 Å². The Morgan fingerprint density at radius 2 is 1.85 bits per heavy atom. The van der Waals surface area contributed by atoms with E-state index in [4.69, 9.17) is 0 Å². The third-order valence-electron chi connectivity index (χ3n) is 1.89. The summed E-state index contributed by atoms with van der Waals surface area (Å²) in [5, 5.41) is 0. The Morgan fingerprint density at radius 1 is 1.23 bits per heavy atom. The summed E-state index contributed by atoms with van der Waals surface area (Å²) in [6.07, 6.45) is 0. The van der Waals surface area contributed by atoms with Crippen LogP contribution in [0.1, 0.15) is 11.1 Å². The predicted molar refractivity (Wildman–Crippen MR) is 48.5 cm³/mol. The number of hydrogen-bond donors (Lipinski definition) is 0. The Bertz CT molecular complexity index is 407. The van der Waals surface area contributed by atoms with E-state index in [0.29, 0.717) is 0 Å². The summed E-state index contributed by atoms with van der Waals surface area (Å²) in [4.78, 5) is 0.0816. The lowest BCUT2D eigenvalue weighted by Gasteiger charge is -2.03. The Hall–Kier alpha value is -0.870. The normalized spacial score (nSPS) is 11.6. The van der Waals surface area contributed by atoms with Gasteiger partial charge in [0.05, 0.1) is 4.90 Å². The average molecular weight is 198 g/mol. The highest BCUT2D eigenvalue weighted by Gasteiger charge is 2.12. The zero-order valence-corrected chi connectivity index (χ0v) is 8.26. The summed E-state index contributed by atoms with van der Waals surface area (Å²) in [6.45, 7) is 3.72. The first-order valence-corrected chi connectivity index (χ1v) is 5.09. The first-order valence-electron chi connectivity index (χ1n) is 3.68. The molecule has 0 atom stereocenters. The molecule has 0 spiro atoms. The summed E-state index contributed by atoms with van der Waals surface area (Å²) in [7, 11) is 0.879. The zero-order chi connectivity index (χ0) is 10.1. The fraction of sp³-hybridized carbons (Fsp3) is 0.222. The molecule has 2 radical (unpaired) electrons. The molecule has 3 nitrogen and oxygen atoms in total. The van der Waals surface area contributed by atoms with Crippen LogP contribution in [0.15, 0.2) is 23.1 Å². The van der Waals surface area contributed by atoms with Gasteiger partial charge >= 0.3 is 0 Å². The van der Waals surface area contributed by atoms with Crippen molar-refractivity contribution in [3.05, 3.63) is 36.4 Å². The monoisotopic (exact) mass is 198 g/mol. The maximum absolute atomic E-state index is 11.1. The van der Waals surface area contributed by atoms with Crippen molar-refractivity contribution in [1.82, 2.24) is 0 Å². The van der Waals surface area contributed by atoms with Gasteiger partial charge in [-0.1, -0.05) is 6.07 Å². The summed E-state index contributed by atoms with van der Waals surface area (Å²) < 4.78 is 26.1. The summed E-state index contributed by atoms with van der Waals surface area (Å²) in [5.74, 6) is 0. The van der Waals surface area contributed by atoms with Crippen LogP contribution < -0.4 is 0 Å². The highest BCUT2D eigenvalue weighted by molar-refractivity contribution is 7.86. The molecule has 1 aromatic carbocycles. The molecule has 0 amide bonds. The molecule has 0 heterocycles. The smallest absolute Gasteiger partial charge is 0.257 e. The molecule has 0 aromatic heterocycles. The minimum absolute atomic E-state index is 0.0816. The molecule has 0 aliphatic rings. The van der Waals surface area contributed by atoms with Gasteiger partial charge in [-0.15, -0.1) is 0 Å². The van der Waals surface area contributed by atoms with E-state index < -0.39 is 10.1 Å². The van der Waals surface area contributed by atoms with Gasteiger partial charge in [0.1, 0.15) is 7.11 Å². The van der Waals surface area contributed by atoms with Gasteiger partial charge in [0.2, 0.25) is 0 Å². The van der Waals surface area contributed by atoms with E-state index in [2.05, 4.69) is 11.3 Å². The minimum atomic E-state index is -3.76. The van der Waals surface area contributed by atoms with Crippen LogP contribution in [0.25, 0.3) is 0 Å². The Morgan fingerprint density at radius 3 is 2.31 bits per heavy atom. The Kier molecular flexibility index (Phi) is 2.73. The minimum Gasteiger partial charge on any atom is -0.257 e. The lowest BCUT2D eigenvalue weighted by atomic mass is 10.1. The third kappa shape index (κ3) is 2.08. The summed E-state index contributed by atoms with van der Waals surface area (Å²) >= 11 is 0. The van der Waals surface area contributed by atoms with E-state index in [1.165, 1.54) is 12.1 Å². The van der Waals surface area contributed by atoms with Crippen molar-refractivity contribution in [3.63, 3.8) is 0 Å². The SMILES string of the molecule is [CH]OS(=O)(=O)c1ccc(C)c(C)c1. The van der Waals surface area contributed by atoms with E-state index in [0.717, 1.165) is 11.1 Å². The molecule has 1 aromatic rings. The molecule has 13 heavy (non-hydrogen) atoms. The van der Waals surface area contributed by atoms with Gasteiger partial charge in [-0.2, -0.15) is 8.42 Å². The molecule has 0 unspecified atom stereocenters. The molecule has 0 N–H and O–H groups in total. The topological polar surface area (TPSA) is 43.4 Å². The highest BCUT2D eigenvalue weighted by Crippen LogP contribution is 2.16. The van der Waals surface area contributed by atoms with Crippen LogP contribution in [0.4, 0.5) is 0 Å². The molecule has 4 heteroatoms. The van der Waals surface area contributed by atoms with Crippen LogP contribution in [-0.2, 0) is 14.3 Å². The molecule has 0 fully saturated rings. The number of hydrogen-bond acceptors (Lipinski definition) is 3. The van der Waals surface area contributed by atoms with Crippen LogP contribution in [0.2, 0.25) is 0 Å². The average Bonchev–Trinajstić information content (AvgIpc) is 2.09. The third-order valence-corrected chi connectivity index (χ3v) is 2.98. The van der Waals surface area contributed by atoms with E-state index in [1.54, 1.807) is 6.07 Å². The highest BCUT2D eigenvalue weighted by atomic mass is 32.2. The maximum Gasteiger partial charge on any atom is 0.297 e. The van der Waals surface area contributed by atoms with E-state index >= 15 is 0 Å². The standard InChI is InChI=1S/C9H10O3S/c1-7-4-5-9(6-8(7)2)13(10,11)12-3/h3-6H,1-2H3. The van der Waals surface area contributed by atoms with Crippen molar-refractivity contribution in [1.29, 1.82) is 0 Å². The quantitative estimate of drug-likeness (QED) is 0.679. The van der Waals surface area contributed by atoms with Crippen LogP contribution >= 0.6 is 0 Å². The molecule has 1 rings (SSSR count). The lowest BCUT2D eigenvalue weighted by Crippen LogP contribution is -2.01. The molecule has 0 bridgehead atoms. The van der Waals surface area contributed by atoms with Crippen molar-refractivity contribution >= 4 is 10.1 Å². The van der Waals surface area contributed by atoms with Crippen molar-refractivity contribution in [3.8, 4) is 0 Å². The van der Waals surface area contributed by atoms with Crippen LogP contribution in [0.5, 0.6) is 0 Å². The van der Waals surface area contributed by atoms with E-state index in [1.807, 2.05) is 13.8 Å². The van der Waals surface area contributed by atoms with Crippen LogP contribution in [0, 0.1) is 21.0 Å². The van der Waals surface area contributed by atoms with Crippen LogP contribution in [-0.4, -0.2) is 8.42 Å². The molecule has 0 aliphatic heterocycles. The Labute approximate surface area is 78.5 Å². The van der Waals surface area contributed by atoms with Gasteiger partial charge in [-0.3, -0.25) is 4.18 Å². The van der Waals surface area contributed by atoms with E-state index in [-0.39, 0.29) is 4.90 Å². The molecular formula is C9H10O3S. The fourth-order valence-corrected chi connectivity index (χ4v) is 1.59. The first kappa shape index (κ1) is 10.2. The van der Waals surface area contributed by atoms with Gasteiger partial charge < -0.3 is 0 Å². The van der Waals surface area contributed by atoms with Gasteiger partial charge in [0, 0.05) is 0 Å². The van der Waals surface area contributed by atoms with Gasteiger partial charge in [0.15, 0.2) is 0 Å². The predicted octanol–water partition coefficient (Wildman–Crippen LogP) is 1.68. The number of rotatable bonds is 2. The van der Waals surface area contributed by atoms with E-state index in [9.17, 15) is 8.42 Å². The maximum atomic E-state index is 11.1. The van der Waals surface area contributed by atoms with Crippen molar-refractivity contribution in [2.75, 3.05) is 0 Å². The van der Waals surface area contributed by atoms with Crippen LogP contribution in [0.3, 0.4) is 0 Å². The molecule has 0 saturated carbocycles. The van der Waals surface area contributed by atoms with Crippen molar-refractivity contribution < 1.29 is 12.6 Å². The van der Waals surface area contributed by atoms with Crippen molar-refractivity contribution in [2.24, 2.45) is 0 Å². The van der Waals surface area contributed by atoms with Gasteiger partial charge in [0.25, 0.3) is 10.1 Å². The largest absolute Gasteiger partial charge is 0.297 e.